The molecule has 1 unspecified atom stereocenters. The molecule has 0 saturated carbocycles. The highest BCUT2D eigenvalue weighted by molar-refractivity contribution is 9.10. The molecule has 0 spiro atoms. The van der Waals surface area contributed by atoms with Crippen LogP contribution in [0.3, 0.4) is 0 Å². The molecule has 2 heterocycles. The molecule has 0 aliphatic heterocycles. The van der Waals surface area contributed by atoms with E-state index in [1.807, 2.05) is 4.68 Å². The number of aromatic nitrogens is 3. The van der Waals surface area contributed by atoms with Crippen molar-refractivity contribution in [3.63, 3.8) is 0 Å². The third-order valence-electron chi connectivity index (χ3n) is 3.13. The van der Waals surface area contributed by atoms with Crippen molar-refractivity contribution in [2.75, 3.05) is 6.54 Å². The molecule has 4 nitrogen and oxygen atoms in total. The Balaban J connectivity index is 2.19. The third-order valence-corrected chi connectivity index (χ3v) is 5.11. The average Bonchev–Trinajstić information content (AvgIpc) is 3.03. The molecule has 0 radical (unpaired) electrons. The predicted molar refractivity (Wildman–Crippen MR) is 87.2 cm³/mol. The van der Waals surface area contributed by atoms with Gasteiger partial charge in [-0.25, -0.2) is 9.67 Å². The molecule has 2 rings (SSSR count). The zero-order valence-corrected chi connectivity index (χ0v) is 14.5. The maximum absolute atomic E-state index is 4.43. The van der Waals surface area contributed by atoms with E-state index in [2.05, 4.69) is 63.5 Å². The van der Waals surface area contributed by atoms with E-state index in [1.165, 1.54) is 9.35 Å². The van der Waals surface area contributed by atoms with Crippen LogP contribution in [0.4, 0.5) is 0 Å². The normalized spacial score (nSPS) is 13.1. The molecule has 20 heavy (non-hydrogen) atoms. The van der Waals surface area contributed by atoms with Crippen LogP contribution in [0.5, 0.6) is 0 Å². The number of hydrogen-bond acceptors (Lipinski definition) is 4. The summed E-state index contributed by atoms with van der Waals surface area (Å²) in [5.74, 6) is 1.04. The van der Waals surface area contributed by atoms with Gasteiger partial charge < -0.3 is 5.32 Å². The molecule has 2 aromatic heterocycles. The minimum absolute atomic E-state index is 0.283. The smallest absolute Gasteiger partial charge is 0.138 e. The fourth-order valence-corrected chi connectivity index (χ4v) is 3.89. The first-order valence-corrected chi connectivity index (χ1v) is 8.65. The van der Waals surface area contributed by atoms with Crippen molar-refractivity contribution in [1.29, 1.82) is 0 Å². The molecule has 0 amide bonds. The van der Waals surface area contributed by atoms with Gasteiger partial charge in [-0.2, -0.15) is 5.10 Å². The van der Waals surface area contributed by atoms with Crippen LogP contribution in [0.1, 0.15) is 50.0 Å². The lowest BCUT2D eigenvalue weighted by atomic mass is 10.1. The maximum Gasteiger partial charge on any atom is 0.138 e. The van der Waals surface area contributed by atoms with Gasteiger partial charge in [0.05, 0.1) is 0 Å². The van der Waals surface area contributed by atoms with Gasteiger partial charge in [0, 0.05) is 27.9 Å². The van der Waals surface area contributed by atoms with Crippen molar-refractivity contribution in [2.24, 2.45) is 0 Å². The summed E-state index contributed by atoms with van der Waals surface area (Å²) in [7, 11) is 0. The van der Waals surface area contributed by atoms with Gasteiger partial charge in [0.15, 0.2) is 0 Å². The highest BCUT2D eigenvalue weighted by atomic mass is 79.9. The van der Waals surface area contributed by atoms with Gasteiger partial charge in [-0.1, -0.05) is 6.92 Å². The highest BCUT2D eigenvalue weighted by Gasteiger charge is 2.19. The van der Waals surface area contributed by atoms with Crippen molar-refractivity contribution < 1.29 is 0 Å². The molecule has 0 fully saturated rings. The van der Waals surface area contributed by atoms with Gasteiger partial charge in [-0.05, 0) is 54.2 Å². The molecule has 1 atom stereocenters. The van der Waals surface area contributed by atoms with E-state index >= 15 is 0 Å². The van der Waals surface area contributed by atoms with Crippen LogP contribution in [0.25, 0.3) is 0 Å². The van der Waals surface area contributed by atoms with E-state index in [9.17, 15) is 0 Å². The van der Waals surface area contributed by atoms with Gasteiger partial charge >= 0.3 is 0 Å². The van der Waals surface area contributed by atoms with E-state index < -0.39 is 0 Å². The standard InChI is InChI=1S/C14H21BrN4S/c1-4-6-16-12(14-11(15)5-7-20-14)8-13-17-9-18-19(13)10(2)3/h5,7,9-10,12,16H,4,6,8H2,1-3H3. The van der Waals surface area contributed by atoms with Gasteiger partial charge in [0.2, 0.25) is 0 Å². The monoisotopic (exact) mass is 356 g/mol. The van der Waals surface area contributed by atoms with Crippen LogP contribution >= 0.6 is 27.3 Å². The molecule has 0 bridgehead atoms. The van der Waals surface area contributed by atoms with Crippen molar-refractivity contribution in [1.82, 2.24) is 20.1 Å². The Bertz CT molecular complexity index is 535. The Morgan fingerprint density at radius 1 is 1.45 bits per heavy atom. The van der Waals surface area contributed by atoms with E-state index in [-0.39, 0.29) is 6.04 Å². The molecular formula is C14H21BrN4S. The van der Waals surface area contributed by atoms with E-state index in [4.69, 9.17) is 0 Å². The number of thiophene rings is 1. The average molecular weight is 357 g/mol. The first kappa shape index (κ1) is 15.7. The summed E-state index contributed by atoms with van der Waals surface area (Å²) in [6.07, 6.45) is 3.63. The van der Waals surface area contributed by atoms with Crippen LogP contribution in [-0.2, 0) is 6.42 Å². The second-order valence-electron chi connectivity index (χ2n) is 5.06. The SMILES string of the molecule is CCCNC(Cc1ncnn1C(C)C)c1sccc1Br. The molecule has 0 aliphatic rings. The quantitative estimate of drug-likeness (QED) is 0.816. The largest absolute Gasteiger partial charge is 0.309 e. The fourth-order valence-electron chi connectivity index (χ4n) is 2.16. The lowest BCUT2D eigenvalue weighted by Gasteiger charge is -2.19. The summed E-state index contributed by atoms with van der Waals surface area (Å²) in [5, 5.41) is 10.1. The molecular weight excluding hydrogens is 336 g/mol. The molecule has 0 saturated heterocycles. The molecule has 0 aliphatic carbocycles. The van der Waals surface area contributed by atoms with Crippen LogP contribution in [0.15, 0.2) is 22.2 Å². The number of nitrogens with one attached hydrogen (secondary N) is 1. The second-order valence-corrected chi connectivity index (χ2v) is 6.86. The number of nitrogens with zero attached hydrogens (tertiary/aromatic N) is 3. The lowest BCUT2D eigenvalue weighted by Crippen LogP contribution is -2.25. The zero-order chi connectivity index (χ0) is 14.5. The van der Waals surface area contributed by atoms with Crippen molar-refractivity contribution >= 4 is 27.3 Å². The van der Waals surface area contributed by atoms with Crippen LogP contribution in [0.2, 0.25) is 0 Å². The summed E-state index contributed by atoms with van der Waals surface area (Å²) in [4.78, 5) is 5.76. The highest BCUT2D eigenvalue weighted by Crippen LogP contribution is 2.31. The van der Waals surface area contributed by atoms with Crippen molar-refractivity contribution in [3.05, 3.63) is 32.9 Å². The molecule has 6 heteroatoms. The molecule has 1 N–H and O–H groups in total. The van der Waals surface area contributed by atoms with E-state index in [1.54, 1.807) is 17.7 Å². The maximum atomic E-state index is 4.43. The zero-order valence-electron chi connectivity index (χ0n) is 12.1. The Morgan fingerprint density at radius 2 is 2.25 bits per heavy atom. The third kappa shape index (κ3) is 3.68. The van der Waals surface area contributed by atoms with Crippen LogP contribution in [0, 0.1) is 0 Å². The van der Waals surface area contributed by atoms with Gasteiger partial charge in [0.25, 0.3) is 0 Å². The van der Waals surface area contributed by atoms with Gasteiger partial charge in [-0.3, -0.25) is 0 Å². The predicted octanol–water partition coefficient (Wildman–Crippen LogP) is 3.97. The number of rotatable bonds is 7. The Hall–Kier alpha value is -0.720. The fraction of sp³-hybridized carbons (Fsp3) is 0.571. The van der Waals surface area contributed by atoms with E-state index in [0.29, 0.717) is 6.04 Å². The summed E-state index contributed by atoms with van der Waals surface area (Å²) < 4.78 is 3.18. The van der Waals surface area contributed by atoms with E-state index in [0.717, 1.165) is 25.2 Å². The second kappa shape index (κ2) is 7.33. The molecule has 110 valence electrons. The summed E-state index contributed by atoms with van der Waals surface area (Å²) in [5.41, 5.74) is 0. The molecule has 0 aromatic carbocycles. The van der Waals surface area contributed by atoms with Gasteiger partial charge in [-0.15, -0.1) is 11.3 Å². The minimum atomic E-state index is 0.283. The van der Waals surface area contributed by atoms with Crippen molar-refractivity contribution in [2.45, 2.75) is 45.7 Å². The molecule has 2 aromatic rings. The first-order valence-electron chi connectivity index (χ1n) is 6.98. The topological polar surface area (TPSA) is 42.7 Å². The first-order chi connectivity index (χ1) is 9.63. The lowest BCUT2D eigenvalue weighted by molar-refractivity contribution is 0.465. The number of halogens is 1. The summed E-state index contributed by atoms with van der Waals surface area (Å²) in [6.45, 7) is 7.45. The minimum Gasteiger partial charge on any atom is -0.309 e. The Labute approximate surface area is 132 Å². The summed E-state index contributed by atoms with van der Waals surface area (Å²) >= 11 is 5.42. The van der Waals surface area contributed by atoms with Gasteiger partial charge in [0.1, 0.15) is 12.2 Å². The number of hydrogen-bond donors (Lipinski definition) is 1. The van der Waals surface area contributed by atoms with Crippen LogP contribution < -0.4 is 5.32 Å². The van der Waals surface area contributed by atoms with Crippen molar-refractivity contribution in [3.8, 4) is 0 Å². The Morgan fingerprint density at radius 3 is 2.85 bits per heavy atom. The Kier molecular flexibility index (Phi) is 5.74. The van der Waals surface area contributed by atoms with Crippen LogP contribution in [-0.4, -0.2) is 21.3 Å². The summed E-state index contributed by atoms with van der Waals surface area (Å²) in [6, 6.07) is 2.73.